The van der Waals surface area contributed by atoms with Crippen molar-refractivity contribution in [3.05, 3.63) is 53.2 Å². The smallest absolute Gasteiger partial charge is 0.0705 e. The largest absolute Gasteiger partial charge is 0.395 e. The second-order valence-electron chi connectivity index (χ2n) is 11.9. The predicted octanol–water partition coefficient (Wildman–Crippen LogP) is 6.42. The van der Waals surface area contributed by atoms with Crippen LogP contribution < -0.4 is 5.32 Å². The van der Waals surface area contributed by atoms with Crippen LogP contribution >= 0.6 is 0 Å². The van der Waals surface area contributed by atoms with Crippen molar-refractivity contribution in [2.75, 3.05) is 19.7 Å². The summed E-state index contributed by atoms with van der Waals surface area (Å²) in [6, 6.07) is 13.7. The van der Waals surface area contributed by atoms with Crippen molar-refractivity contribution < 1.29 is 5.11 Å². The molecule has 0 bridgehead atoms. The molecule has 1 fully saturated rings. The van der Waals surface area contributed by atoms with Crippen LogP contribution in [0.2, 0.25) is 0 Å². The Balaban J connectivity index is 1.39. The highest BCUT2D eigenvalue weighted by Crippen LogP contribution is 2.46. The topological polar surface area (TPSA) is 45.1 Å². The van der Waals surface area contributed by atoms with Gasteiger partial charge in [0.25, 0.3) is 0 Å². The van der Waals surface area contributed by atoms with Crippen LogP contribution in [0.15, 0.2) is 36.4 Å². The van der Waals surface area contributed by atoms with E-state index in [9.17, 15) is 0 Å². The maximum absolute atomic E-state index is 8.94. The third-order valence-electron chi connectivity index (χ3n) is 8.45. The maximum atomic E-state index is 8.94. The lowest BCUT2D eigenvalue weighted by molar-refractivity contribution is 0.245. The first-order valence-corrected chi connectivity index (χ1v) is 13.2. The molecule has 180 valence electrons. The quantitative estimate of drug-likeness (QED) is 0.458. The Labute approximate surface area is 201 Å². The molecule has 33 heavy (non-hydrogen) atoms. The van der Waals surface area contributed by atoms with Gasteiger partial charge in [0.05, 0.1) is 12.3 Å². The highest BCUT2D eigenvalue weighted by molar-refractivity contribution is 5.63. The van der Waals surface area contributed by atoms with Crippen molar-refractivity contribution in [1.29, 1.82) is 0 Å². The van der Waals surface area contributed by atoms with E-state index < -0.39 is 0 Å². The Kier molecular flexibility index (Phi) is 7.60. The van der Waals surface area contributed by atoms with Crippen LogP contribution in [-0.2, 0) is 17.3 Å². The van der Waals surface area contributed by atoms with Gasteiger partial charge in [-0.2, -0.15) is 0 Å². The normalized spacial score (nSPS) is 23.8. The molecule has 1 aromatic carbocycles. The van der Waals surface area contributed by atoms with Crippen molar-refractivity contribution in [3.63, 3.8) is 0 Å². The molecule has 2 aromatic rings. The van der Waals surface area contributed by atoms with E-state index in [1.54, 1.807) is 0 Å². The van der Waals surface area contributed by atoms with Crippen LogP contribution in [0.5, 0.6) is 0 Å². The van der Waals surface area contributed by atoms with Crippen molar-refractivity contribution in [1.82, 2.24) is 10.3 Å². The molecular weight excluding hydrogens is 404 g/mol. The van der Waals surface area contributed by atoms with Crippen molar-refractivity contribution in [3.8, 4) is 11.3 Å². The van der Waals surface area contributed by atoms with Gasteiger partial charge in [-0.15, -0.1) is 0 Å². The molecule has 1 saturated carbocycles. The zero-order chi connectivity index (χ0) is 23.5. The minimum absolute atomic E-state index is 0.227. The Bertz CT molecular complexity index is 925. The zero-order valence-electron chi connectivity index (χ0n) is 21.3. The van der Waals surface area contributed by atoms with Crippen molar-refractivity contribution in [2.45, 2.75) is 89.9 Å². The monoisotopic (exact) mass is 448 g/mol. The Morgan fingerprint density at radius 1 is 0.909 bits per heavy atom. The van der Waals surface area contributed by atoms with Crippen LogP contribution in [0.3, 0.4) is 0 Å². The number of pyridine rings is 1. The van der Waals surface area contributed by atoms with Crippen molar-refractivity contribution >= 4 is 0 Å². The van der Waals surface area contributed by atoms with Gasteiger partial charge in [0, 0.05) is 17.8 Å². The summed E-state index contributed by atoms with van der Waals surface area (Å²) in [5.41, 5.74) is 7.12. The second-order valence-corrected chi connectivity index (χ2v) is 11.9. The number of hydrogen-bond acceptors (Lipinski definition) is 3. The van der Waals surface area contributed by atoms with Gasteiger partial charge in [-0.3, -0.25) is 4.98 Å². The first kappa shape index (κ1) is 24.4. The van der Waals surface area contributed by atoms with E-state index >= 15 is 0 Å². The van der Waals surface area contributed by atoms with Gasteiger partial charge < -0.3 is 10.4 Å². The Morgan fingerprint density at radius 2 is 1.61 bits per heavy atom. The van der Waals surface area contributed by atoms with Crippen molar-refractivity contribution in [2.24, 2.45) is 11.8 Å². The molecule has 2 aliphatic rings. The predicted molar refractivity (Wildman–Crippen MR) is 139 cm³/mol. The molecule has 2 aliphatic carbocycles. The second kappa shape index (κ2) is 10.3. The summed E-state index contributed by atoms with van der Waals surface area (Å²) in [4.78, 5) is 5.09. The number of aliphatic hydroxyl groups excluding tert-OH is 1. The van der Waals surface area contributed by atoms with Gasteiger partial charge in [-0.25, -0.2) is 0 Å². The van der Waals surface area contributed by atoms with E-state index in [1.807, 2.05) is 0 Å². The summed E-state index contributed by atoms with van der Waals surface area (Å²) >= 11 is 0. The molecule has 0 aliphatic heterocycles. The van der Waals surface area contributed by atoms with E-state index in [4.69, 9.17) is 10.1 Å². The number of nitrogens with one attached hydrogen (secondary N) is 1. The maximum Gasteiger partial charge on any atom is 0.0705 e. The van der Waals surface area contributed by atoms with E-state index in [2.05, 4.69) is 69.4 Å². The number of aryl methyl sites for hydroxylation is 1. The number of hydrogen-bond donors (Lipinski definition) is 2. The molecule has 3 nitrogen and oxygen atoms in total. The minimum atomic E-state index is 0.227. The standard InChI is InChI=1S/C30H44N2O/c1-29(2)16-17-30(3,4)27-20-24(13-15-26(27)29)28-7-5-6-25(32-28)14-12-22-8-10-23(11-9-22)21-31-18-19-33/h5-7,13,15,20,22-23,31,33H,8-12,14,16-19,21H2,1-4H3. The van der Waals surface area contributed by atoms with Gasteiger partial charge in [-0.1, -0.05) is 58.7 Å². The van der Waals surface area contributed by atoms with Gasteiger partial charge in [-0.05, 0) is 97.1 Å². The molecule has 0 saturated heterocycles. The molecule has 2 N–H and O–H groups in total. The average molecular weight is 449 g/mol. The molecule has 0 spiro atoms. The highest BCUT2D eigenvalue weighted by atomic mass is 16.3. The van der Waals surface area contributed by atoms with Crippen LogP contribution in [-0.4, -0.2) is 29.8 Å². The van der Waals surface area contributed by atoms with Crippen LogP contribution in [0.4, 0.5) is 0 Å². The van der Waals surface area contributed by atoms with Crippen LogP contribution in [0.25, 0.3) is 11.3 Å². The fraction of sp³-hybridized carbons (Fsp3) is 0.633. The molecule has 1 heterocycles. The molecule has 0 unspecified atom stereocenters. The zero-order valence-corrected chi connectivity index (χ0v) is 21.3. The van der Waals surface area contributed by atoms with Gasteiger partial charge in [0.15, 0.2) is 0 Å². The summed E-state index contributed by atoms with van der Waals surface area (Å²) in [6.45, 7) is 11.6. The number of fused-ring (bicyclic) bond motifs is 1. The number of rotatable bonds is 8. The van der Waals surface area contributed by atoms with E-state index in [1.165, 1.54) is 67.3 Å². The molecule has 3 heteroatoms. The molecule has 0 radical (unpaired) electrons. The highest BCUT2D eigenvalue weighted by Gasteiger charge is 2.37. The van der Waals surface area contributed by atoms with Gasteiger partial charge in [0.2, 0.25) is 0 Å². The minimum Gasteiger partial charge on any atom is -0.395 e. The van der Waals surface area contributed by atoms with Crippen LogP contribution in [0.1, 0.15) is 89.5 Å². The lowest BCUT2D eigenvalue weighted by atomic mass is 9.63. The third-order valence-corrected chi connectivity index (χ3v) is 8.45. The lowest BCUT2D eigenvalue weighted by Crippen LogP contribution is -2.33. The third kappa shape index (κ3) is 5.87. The fourth-order valence-corrected chi connectivity index (χ4v) is 5.99. The fourth-order valence-electron chi connectivity index (χ4n) is 5.99. The molecule has 1 aromatic heterocycles. The Hall–Kier alpha value is -1.71. The summed E-state index contributed by atoms with van der Waals surface area (Å²) in [5, 5.41) is 12.3. The van der Waals surface area contributed by atoms with Crippen LogP contribution in [0, 0.1) is 11.8 Å². The number of nitrogens with zero attached hydrogens (tertiary/aromatic N) is 1. The molecule has 0 amide bonds. The molecular formula is C30H44N2O. The molecule has 0 atom stereocenters. The van der Waals surface area contributed by atoms with Gasteiger partial charge >= 0.3 is 0 Å². The first-order valence-electron chi connectivity index (χ1n) is 13.2. The van der Waals surface area contributed by atoms with Gasteiger partial charge in [0.1, 0.15) is 0 Å². The first-order chi connectivity index (χ1) is 15.8. The molecule has 4 rings (SSSR count). The summed E-state index contributed by atoms with van der Waals surface area (Å²) < 4.78 is 0. The van der Waals surface area contributed by atoms with E-state index in [0.717, 1.165) is 37.0 Å². The lowest BCUT2D eigenvalue weighted by Gasteiger charge is -2.42. The SMILES string of the molecule is CC1(C)CCC(C)(C)c2cc(-c3cccc(CCC4CCC(CNCCO)CC4)n3)ccc21. The average Bonchev–Trinajstić information content (AvgIpc) is 2.82. The van der Waals surface area contributed by atoms with E-state index in [0.29, 0.717) is 0 Å². The number of aromatic nitrogens is 1. The summed E-state index contributed by atoms with van der Waals surface area (Å²) in [7, 11) is 0. The Morgan fingerprint density at radius 3 is 2.33 bits per heavy atom. The number of benzene rings is 1. The van der Waals surface area contributed by atoms with E-state index in [-0.39, 0.29) is 17.4 Å². The number of aliphatic hydroxyl groups is 1. The summed E-state index contributed by atoms with van der Waals surface area (Å²) in [6.07, 6.45) is 10.1. The summed E-state index contributed by atoms with van der Waals surface area (Å²) in [5.74, 6) is 1.61.